The SMILES string of the molecule is COc1nnc(-c2cc(OCc3cc(C)on3)ccc2F)cc1C. The zero-order valence-electron chi connectivity index (χ0n) is 13.5. The molecule has 0 fully saturated rings. The van der Waals surface area contributed by atoms with Gasteiger partial charge in [0.15, 0.2) is 0 Å². The molecule has 0 aliphatic rings. The van der Waals surface area contributed by atoms with Crippen molar-refractivity contribution in [1.29, 1.82) is 0 Å². The Morgan fingerprint density at radius 3 is 2.62 bits per heavy atom. The highest BCUT2D eigenvalue weighted by Gasteiger charge is 2.12. The second-order valence-corrected chi connectivity index (χ2v) is 5.28. The fraction of sp³-hybridized carbons (Fsp3) is 0.235. The molecule has 0 atom stereocenters. The molecule has 1 aromatic carbocycles. The summed E-state index contributed by atoms with van der Waals surface area (Å²) in [5.41, 5.74) is 2.15. The van der Waals surface area contributed by atoms with E-state index in [1.54, 1.807) is 31.2 Å². The number of halogens is 1. The van der Waals surface area contributed by atoms with Crippen LogP contribution in [0.3, 0.4) is 0 Å². The molecule has 0 saturated heterocycles. The molecule has 24 heavy (non-hydrogen) atoms. The van der Waals surface area contributed by atoms with E-state index < -0.39 is 5.82 Å². The van der Waals surface area contributed by atoms with Crippen molar-refractivity contribution in [3.8, 4) is 22.9 Å². The number of hydrogen-bond donors (Lipinski definition) is 0. The second kappa shape index (κ2) is 6.66. The van der Waals surface area contributed by atoms with E-state index >= 15 is 0 Å². The topological polar surface area (TPSA) is 70.3 Å². The van der Waals surface area contributed by atoms with E-state index in [9.17, 15) is 4.39 Å². The first-order chi connectivity index (χ1) is 11.6. The maximum absolute atomic E-state index is 14.2. The summed E-state index contributed by atoms with van der Waals surface area (Å²) in [5.74, 6) is 1.21. The van der Waals surface area contributed by atoms with E-state index in [0.29, 0.717) is 34.3 Å². The van der Waals surface area contributed by atoms with Gasteiger partial charge in [-0.15, -0.1) is 10.2 Å². The van der Waals surface area contributed by atoms with Gasteiger partial charge in [-0.05, 0) is 38.1 Å². The van der Waals surface area contributed by atoms with Crippen molar-refractivity contribution < 1.29 is 18.4 Å². The fourth-order valence-electron chi connectivity index (χ4n) is 2.24. The fourth-order valence-corrected chi connectivity index (χ4v) is 2.24. The molecule has 0 unspecified atom stereocenters. The summed E-state index contributed by atoms with van der Waals surface area (Å²) in [6.45, 7) is 3.86. The maximum atomic E-state index is 14.2. The van der Waals surface area contributed by atoms with Crippen LogP contribution >= 0.6 is 0 Å². The van der Waals surface area contributed by atoms with Crippen LogP contribution in [0.2, 0.25) is 0 Å². The number of methoxy groups -OCH3 is 1. The van der Waals surface area contributed by atoms with Gasteiger partial charge in [0.2, 0.25) is 5.88 Å². The molecule has 2 aromatic heterocycles. The molecule has 0 saturated carbocycles. The molecule has 0 amide bonds. The van der Waals surface area contributed by atoms with Crippen LogP contribution in [0.1, 0.15) is 17.0 Å². The molecule has 0 aliphatic heterocycles. The number of hydrogen-bond acceptors (Lipinski definition) is 6. The Morgan fingerprint density at radius 1 is 1.12 bits per heavy atom. The second-order valence-electron chi connectivity index (χ2n) is 5.28. The van der Waals surface area contributed by atoms with Crippen LogP contribution in [0.25, 0.3) is 11.3 Å². The standard InChI is InChI=1S/C17H16FN3O3/c1-10-6-16(19-20-17(10)22-3)14-8-13(4-5-15(14)18)23-9-12-7-11(2)24-21-12/h4-8H,9H2,1-3H3. The quantitative estimate of drug-likeness (QED) is 0.714. The Kier molecular flexibility index (Phi) is 4.41. The van der Waals surface area contributed by atoms with Crippen molar-refractivity contribution in [2.45, 2.75) is 20.5 Å². The maximum Gasteiger partial charge on any atom is 0.236 e. The molecule has 6 nitrogen and oxygen atoms in total. The molecular weight excluding hydrogens is 313 g/mol. The summed E-state index contributed by atoms with van der Waals surface area (Å²) in [6, 6.07) is 7.96. The van der Waals surface area contributed by atoms with Gasteiger partial charge in [0.25, 0.3) is 0 Å². The molecule has 124 valence electrons. The minimum atomic E-state index is -0.404. The number of benzene rings is 1. The smallest absolute Gasteiger partial charge is 0.236 e. The largest absolute Gasteiger partial charge is 0.487 e. The predicted molar refractivity (Wildman–Crippen MR) is 84.3 cm³/mol. The van der Waals surface area contributed by atoms with E-state index in [0.717, 1.165) is 5.56 Å². The van der Waals surface area contributed by atoms with Crippen molar-refractivity contribution in [1.82, 2.24) is 15.4 Å². The summed E-state index contributed by atoms with van der Waals surface area (Å²) in [5, 5.41) is 11.8. The lowest BCUT2D eigenvalue weighted by Crippen LogP contribution is -1.99. The first kappa shape index (κ1) is 15.9. The summed E-state index contributed by atoms with van der Waals surface area (Å²) in [4.78, 5) is 0. The van der Waals surface area contributed by atoms with E-state index in [1.165, 1.54) is 13.2 Å². The number of ether oxygens (including phenoxy) is 2. The minimum absolute atomic E-state index is 0.232. The van der Waals surface area contributed by atoms with Crippen LogP contribution in [0, 0.1) is 19.7 Å². The number of nitrogens with zero attached hydrogens (tertiary/aromatic N) is 3. The van der Waals surface area contributed by atoms with E-state index in [-0.39, 0.29) is 6.61 Å². The van der Waals surface area contributed by atoms with Crippen molar-refractivity contribution in [3.05, 3.63) is 53.2 Å². The van der Waals surface area contributed by atoms with E-state index in [1.807, 2.05) is 6.92 Å². The van der Waals surface area contributed by atoms with Crippen LogP contribution in [-0.2, 0) is 6.61 Å². The van der Waals surface area contributed by atoms with Gasteiger partial charge in [0, 0.05) is 17.2 Å². The van der Waals surface area contributed by atoms with Gasteiger partial charge in [-0.2, -0.15) is 0 Å². The number of rotatable bonds is 5. The molecule has 0 bridgehead atoms. The van der Waals surface area contributed by atoms with Crippen LogP contribution in [0.4, 0.5) is 4.39 Å². The highest BCUT2D eigenvalue weighted by atomic mass is 19.1. The van der Waals surface area contributed by atoms with Crippen LogP contribution in [0.5, 0.6) is 11.6 Å². The lowest BCUT2D eigenvalue weighted by molar-refractivity contribution is 0.287. The molecule has 2 heterocycles. The van der Waals surface area contributed by atoms with Crippen LogP contribution in [0.15, 0.2) is 34.9 Å². The van der Waals surface area contributed by atoms with Crippen molar-refractivity contribution >= 4 is 0 Å². The summed E-state index contributed by atoms with van der Waals surface area (Å²) in [7, 11) is 1.51. The van der Waals surface area contributed by atoms with Gasteiger partial charge in [0.05, 0.1) is 12.8 Å². The zero-order chi connectivity index (χ0) is 17.1. The summed E-state index contributed by atoms with van der Waals surface area (Å²) in [6.07, 6.45) is 0. The van der Waals surface area contributed by atoms with Crippen LogP contribution < -0.4 is 9.47 Å². The van der Waals surface area contributed by atoms with Gasteiger partial charge in [-0.25, -0.2) is 4.39 Å². The molecule has 0 radical (unpaired) electrons. The molecule has 0 aliphatic carbocycles. The Labute approximate surface area is 138 Å². The third kappa shape index (κ3) is 3.34. The average molecular weight is 329 g/mol. The van der Waals surface area contributed by atoms with Gasteiger partial charge < -0.3 is 14.0 Å². The van der Waals surface area contributed by atoms with Crippen LogP contribution in [-0.4, -0.2) is 22.5 Å². The third-order valence-corrected chi connectivity index (χ3v) is 3.41. The van der Waals surface area contributed by atoms with Crippen molar-refractivity contribution in [2.24, 2.45) is 0 Å². The van der Waals surface area contributed by atoms with Gasteiger partial charge in [0.1, 0.15) is 29.6 Å². The van der Waals surface area contributed by atoms with Crippen molar-refractivity contribution in [2.75, 3.05) is 7.11 Å². The lowest BCUT2D eigenvalue weighted by atomic mass is 10.1. The monoisotopic (exact) mass is 329 g/mol. The van der Waals surface area contributed by atoms with Gasteiger partial charge in [-0.1, -0.05) is 5.16 Å². The molecule has 0 spiro atoms. The summed E-state index contributed by atoms with van der Waals surface area (Å²) < 4.78 is 29.8. The first-order valence-electron chi connectivity index (χ1n) is 7.30. The lowest BCUT2D eigenvalue weighted by Gasteiger charge is -2.09. The molecule has 0 N–H and O–H groups in total. The predicted octanol–water partition coefficient (Wildman–Crippen LogP) is 3.48. The molecule has 3 aromatic rings. The minimum Gasteiger partial charge on any atom is -0.487 e. The van der Waals surface area contributed by atoms with Crippen molar-refractivity contribution in [3.63, 3.8) is 0 Å². The van der Waals surface area contributed by atoms with E-state index in [2.05, 4.69) is 15.4 Å². The number of aromatic nitrogens is 3. The third-order valence-electron chi connectivity index (χ3n) is 3.41. The zero-order valence-corrected chi connectivity index (χ0v) is 13.5. The Bertz CT molecular complexity index is 864. The van der Waals surface area contributed by atoms with Gasteiger partial charge in [-0.3, -0.25) is 0 Å². The molecule has 7 heteroatoms. The summed E-state index contributed by atoms with van der Waals surface area (Å²) >= 11 is 0. The highest BCUT2D eigenvalue weighted by molar-refractivity contribution is 5.62. The molecular formula is C17H16FN3O3. The highest BCUT2D eigenvalue weighted by Crippen LogP contribution is 2.28. The number of aryl methyl sites for hydroxylation is 2. The normalized spacial score (nSPS) is 10.7. The Morgan fingerprint density at radius 2 is 1.96 bits per heavy atom. The molecule has 3 rings (SSSR count). The Balaban J connectivity index is 1.84. The first-order valence-corrected chi connectivity index (χ1v) is 7.30. The van der Waals surface area contributed by atoms with E-state index in [4.69, 9.17) is 14.0 Å². The van der Waals surface area contributed by atoms with Gasteiger partial charge >= 0.3 is 0 Å². The average Bonchev–Trinajstić information content (AvgIpc) is 2.99. The Hall–Kier alpha value is -2.96.